The van der Waals surface area contributed by atoms with E-state index < -0.39 is 23.8 Å². The van der Waals surface area contributed by atoms with E-state index in [1.807, 2.05) is 30.3 Å². The molecule has 2 aliphatic heterocycles. The maximum Gasteiger partial charge on any atom is 0.410 e. The van der Waals surface area contributed by atoms with E-state index in [4.69, 9.17) is 9.47 Å². The highest BCUT2D eigenvalue weighted by molar-refractivity contribution is 5.69. The number of hydrogen-bond donors (Lipinski definition) is 2. The molecular formula is C16H21NO5. The molecule has 22 heavy (non-hydrogen) atoms. The fraction of sp³-hybridized carbons (Fsp3) is 0.562. The molecule has 0 saturated carbocycles. The third-order valence-corrected chi connectivity index (χ3v) is 4.61. The molecule has 1 aromatic rings. The van der Waals surface area contributed by atoms with Gasteiger partial charge in [0.2, 0.25) is 0 Å². The summed E-state index contributed by atoms with van der Waals surface area (Å²) in [5.41, 5.74) is 0.128. The van der Waals surface area contributed by atoms with Crippen molar-refractivity contribution in [3.8, 4) is 0 Å². The van der Waals surface area contributed by atoms with Gasteiger partial charge < -0.3 is 19.7 Å². The number of β-amino-alcohol motifs (C(OH)–C–C–N with tert-alkyl or cyclic N) is 1. The van der Waals surface area contributed by atoms with Crippen LogP contribution in [0.3, 0.4) is 0 Å². The first-order chi connectivity index (χ1) is 10.6. The Kier molecular flexibility index (Phi) is 4.33. The number of carbonyl (C=O) groups is 1. The Morgan fingerprint density at radius 1 is 1.27 bits per heavy atom. The summed E-state index contributed by atoms with van der Waals surface area (Å²) in [5, 5.41) is 20.3. The summed E-state index contributed by atoms with van der Waals surface area (Å²) < 4.78 is 10.7. The van der Waals surface area contributed by atoms with Gasteiger partial charge in [-0.05, 0) is 18.4 Å². The SMILES string of the molecule is O=C(OCc1ccccc1)N1C[C@@H](O)[C@@H](O)C12CCOCC2. The lowest BCUT2D eigenvalue weighted by Crippen LogP contribution is -2.56. The first-order valence-corrected chi connectivity index (χ1v) is 7.56. The molecular weight excluding hydrogens is 286 g/mol. The Morgan fingerprint density at radius 2 is 1.95 bits per heavy atom. The van der Waals surface area contributed by atoms with Gasteiger partial charge in [-0.3, -0.25) is 4.90 Å². The predicted molar refractivity (Wildman–Crippen MR) is 78.1 cm³/mol. The van der Waals surface area contributed by atoms with Crippen molar-refractivity contribution in [2.24, 2.45) is 0 Å². The predicted octanol–water partition coefficient (Wildman–Crippen LogP) is 0.910. The summed E-state index contributed by atoms with van der Waals surface area (Å²) in [4.78, 5) is 13.9. The summed E-state index contributed by atoms with van der Waals surface area (Å²) in [7, 11) is 0. The molecule has 0 aromatic heterocycles. The Morgan fingerprint density at radius 3 is 2.64 bits per heavy atom. The van der Waals surface area contributed by atoms with Crippen LogP contribution >= 0.6 is 0 Å². The van der Waals surface area contributed by atoms with Crippen molar-refractivity contribution >= 4 is 6.09 Å². The standard InChI is InChI=1S/C16H21NO5/c18-13-10-17(16(14(13)19)6-8-21-9-7-16)15(20)22-11-12-4-2-1-3-5-12/h1-5,13-14,18-19H,6-11H2/t13-,14-/m1/s1. The van der Waals surface area contributed by atoms with Crippen LogP contribution in [0, 0.1) is 0 Å². The molecule has 2 aliphatic rings. The van der Waals surface area contributed by atoms with Crippen LogP contribution in [0.5, 0.6) is 0 Å². The molecule has 0 bridgehead atoms. The van der Waals surface area contributed by atoms with Crippen molar-refractivity contribution in [3.63, 3.8) is 0 Å². The molecule has 2 N–H and O–H groups in total. The number of nitrogens with zero attached hydrogens (tertiary/aromatic N) is 1. The van der Waals surface area contributed by atoms with E-state index in [-0.39, 0.29) is 13.2 Å². The van der Waals surface area contributed by atoms with E-state index in [0.29, 0.717) is 26.1 Å². The van der Waals surface area contributed by atoms with E-state index in [0.717, 1.165) is 5.56 Å². The number of carbonyl (C=O) groups excluding carboxylic acids is 1. The fourth-order valence-corrected chi connectivity index (χ4v) is 3.33. The summed E-state index contributed by atoms with van der Waals surface area (Å²) in [6.07, 6.45) is -1.39. The summed E-state index contributed by atoms with van der Waals surface area (Å²) >= 11 is 0. The molecule has 2 heterocycles. The van der Waals surface area contributed by atoms with Gasteiger partial charge >= 0.3 is 6.09 Å². The molecule has 1 aromatic carbocycles. The minimum atomic E-state index is -0.958. The van der Waals surface area contributed by atoms with Gasteiger partial charge in [0.15, 0.2) is 0 Å². The monoisotopic (exact) mass is 307 g/mol. The van der Waals surface area contributed by atoms with Gasteiger partial charge in [0.25, 0.3) is 0 Å². The topological polar surface area (TPSA) is 79.2 Å². The Balaban J connectivity index is 1.70. The van der Waals surface area contributed by atoms with Crippen LogP contribution in [0.25, 0.3) is 0 Å². The number of rotatable bonds is 2. The second-order valence-electron chi connectivity index (χ2n) is 5.88. The molecule has 6 nitrogen and oxygen atoms in total. The zero-order valence-corrected chi connectivity index (χ0v) is 12.4. The van der Waals surface area contributed by atoms with Gasteiger partial charge in [-0.25, -0.2) is 4.79 Å². The third-order valence-electron chi connectivity index (χ3n) is 4.61. The summed E-state index contributed by atoms with van der Waals surface area (Å²) in [5.74, 6) is 0. The van der Waals surface area contributed by atoms with Gasteiger partial charge in [0.1, 0.15) is 12.7 Å². The van der Waals surface area contributed by atoms with Crippen LogP contribution in [-0.2, 0) is 16.1 Å². The average Bonchev–Trinajstić information content (AvgIpc) is 2.80. The molecule has 0 aliphatic carbocycles. The Labute approximate surface area is 129 Å². The molecule has 1 amide bonds. The Bertz CT molecular complexity index is 515. The molecule has 2 atom stereocenters. The quantitative estimate of drug-likeness (QED) is 0.849. The molecule has 6 heteroatoms. The van der Waals surface area contributed by atoms with Crippen LogP contribution in [-0.4, -0.2) is 58.7 Å². The lowest BCUT2D eigenvalue weighted by molar-refractivity contribution is -0.0677. The minimum absolute atomic E-state index is 0.0921. The highest BCUT2D eigenvalue weighted by Crippen LogP contribution is 2.38. The van der Waals surface area contributed by atoms with Gasteiger partial charge in [-0.1, -0.05) is 30.3 Å². The lowest BCUT2D eigenvalue weighted by atomic mass is 9.84. The second-order valence-corrected chi connectivity index (χ2v) is 5.88. The third kappa shape index (κ3) is 2.69. The summed E-state index contributed by atoms with van der Waals surface area (Å²) in [6, 6.07) is 9.42. The number of aliphatic hydroxyl groups excluding tert-OH is 2. The van der Waals surface area contributed by atoms with Crippen LogP contribution in [0.1, 0.15) is 18.4 Å². The van der Waals surface area contributed by atoms with Gasteiger partial charge in [-0.2, -0.15) is 0 Å². The molecule has 1 spiro atoms. The van der Waals surface area contributed by atoms with Crippen molar-refractivity contribution in [2.45, 2.75) is 37.2 Å². The van der Waals surface area contributed by atoms with Crippen molar-refractivity contribution in [1.29, 1.82) is 0 Å². The molecule has 0 unspecified atom stereocenters. The zero-order valence-electron chi connectivity index (χ0n) is 12.4. The van der Waals surface area contributed by atoms with E-state index in [1.165, 1.54) is 4.90 Å². The smallest absolute Gasteiger partial charge is 0.410 e. The minimum Gasteiger partial charge on any atom is -0.445 e. The zero-order chi connectivity index (χ0) is 15.6. The lowest BCUT2D eigenvalue weighted by Gasteiger charge is -2.42. The fourth-order valence-electron chi connectivity index (χ4n) is 3.33. The van der Waals surface area contributed by atoms with E-state index >= 15 is 0 Å². The van der Waals surface area contributed by atoms with E-state index in [9.17, 15) is 15.0 Å². The molecule has 0 radical (unpaired) electrons. The molecule has 3 rings (SSSR count). The van der Waals surface area contributed by atoms with Crippen LogP contribution in [0.15, 0.2) is 30.3 Å². The van der Waals surface area contributed by atoms with Crippen molar-refractivity contribution in [2.75, 3.05) is 19.8 Å². The number of hydrogen-bond acceptors (Lipinski definition) is 5. The highest BCUT2D eigenvalue weighted by atomic mass is 16.6. The van der Waals surface area contributed by atoms with Crippen LogP contribution in [0.2, 0.25) is 0 Å². The van der Waals surface area contributed by atoms with Crippen LogP contribution in [0.4, 0.5) is 4.79 Å². The highest BCUT2D eigenvalue weighted by Gasteiger charge is 2.55. The normalized spacial score (nSPS) is 27.1. The molecule has 2 fully saturated rings. The average molecular weight is 307 g/mol. The number of ether oxygens (including phenoxy) is 2. The van der Waals surface area contributed by atoms with Gasteiger partial charge in [-0.15, -0.1) is 0 Å². The maximum absolute atomic E-state index is 12.4. The number of amides is 1. The summed E-state index contributed by atoms with van der Waals surface area (Å²) in [6.45, 7) is 1.20. The maximum atomic E-state index is 12.4. The van der Waals surface area contributed by atoms with E-state index in [2.05, 4.69) is 0 Å². The first-order valence-electron chi connectivity index (χ1n) is 7.56. The Hall–Kier alpha value is -1.63. The van der Waals surface area contributed by atoms with Crippen molar-refractivity contribution in [3.05, 3.63) is 35.9 Å². The number of likely N-dealkylation sites (tertiary alicyclic amines) is 1. The van der Waals surface area contributed by atoms with Gasteiger partial charge in [0.05, 0.1) is 18.2 Å². The second kappa shape index (κ2) is 6.24. The molecule has 2 saturated heterocycles. The van der Waals surface area contributed by atoms with Crippen LogP contribution < -0.4 is 0 Å². The number of aliphatic hydroxyl groups is 2. The molecule has 120 valence electrons. The first kappa shape index (κ1) is 15.3. The largest absolute Gasteiger partial charge is 0.445 e. The van der Waals surface area contributed by atoms with Crippen molar-refractivity contribution < 1.29 is 24.5 Å². The van der Waals surface area contributed by atoms with Gasteiger partial charge in [0, 0.05) is 13.2 Å². The van der Waals surface area contributed by atoms with E-state index in [1.54, 1.807) is 0 Å². The van der Waals surface area contributed by atoms with Crippen molar-refractivity contribution in [1.82, 2.24) is 4.90 Å². The number of benzene rings is 1.